The number of sulfonamides is 1. The van der Waals surface area contributed by atoms with E-state index in [-0.39, 0.29) is 22.1 Å². The summed E-state index contributed by atoms with van der Waals surface area (Å²) in [6.07, 6.45) is 4.53. The third kappa shape index (κ3) is 3.41. The van der Waals surface area contributed by atoms with Gasteiger partial charge in [-0.3, -0.25) is 0 Å². The van der Waals surface area contributed by atoms with Gasteiger partial charge in [-0.1, -0.05) is 11.6 Å². The molecule has 0 amide bonds. The minimum atomic E-state index is -3.51. The molecule has 0 bridgehead atoms. The molecular formula is C11H16ClN3O2S. The van der Waals surface area contributed by atoms with Gasteiger partial charge < -0.3 is 5.73 Å². The minimum Gasteiger partial charge on any atom is -0.328 e. The predicted molar refractivity (Wildman–Crippen MR) is 69.8 cm³/mol. The van der Waals surface area contributed by atoms with Crippen LogP contribution in [0.3, 0.4) is 0 Å². The summed E-state index contributed by atoms with van der Waals surface area (Å²) in [5.41, 5.74) is 5.79. The number of nitrogens with zero attached hydrogens (tertiary/aromatic N) is 1. The van der Waals surface area contributed by atoms with E-state index >= 15 is 0 Å². The van der Waals surface area contributed by atoms with Gasteiger partial charge in [0.2, 0.25) is 10.0 Å². The maximum Gasteiger partial charge on any atom is 0.242 e. The van der Waals surface area contributed by atoms with Crippen LogP contribution < -0.4 is 10.5 Å². The molecule has 18 heavy (non-hydrogen) atoms. The zero-order chi connectivity index (χ0) is 13.2. The molecule has 2 rings (SSSR count). The van der Waals surface area contributed by atoms with Gasteiger partial charge in [0.05, 0.1) is 0 Å². The highest BCUT2D eigenvalue weighted by atomic mass is 35.5. The molecule has 0 saturated heterocycles. The topological polar surface area (TPSA) is 85.1 Å². The number of hydrogen-bond donors (Lipinski definition) is 2. The number of rotatable bonds is 3. The van der Waals surface area contributed by atoms with E-state index in [4.69, 9.17) is 17.3 Å². The monoisotopic (exact) mass is 289 g/mol. The van der Waals surface area contributed by atoms with Crippen molar-refractivity contribution in [3.8, 4) is 0 Å². The molecule has 1 heterocycles. The average Bonchev–Trinajstić information content (AvgIpc) is 2.32. The Morgan fingerprint density at radius 2 is 1.94 bits per heavy atom. The highest BCUT2D eigenvalue weighted by Crippen LogP contribution is 2.19. The Kier molecular flexibility index (Phi) is 4.21. The Labute approximate surface area is 112 Å². The fraction of sp³-hybridized carbons (Fsp3) is 0.545. The van der Waals surface area contributed by atoms with E-state index in [1.807, 2.05) is 0 Å². The lowest BCUT2D eigenvalue weighted by atomic mass is 9.93. The van der Waals surface area contributed by atoms with Gasteiger partial charge in [-0.15, -0.1) is 0 Å². The molecule has 0 aliphatic heterocycles. The summed E-state index contributed by atoms with van der Waals surface area (Å²) in [6.45, 7) is 0. The summed E-state index contributed by atoms with van der Waals surface area (Å²) >= 11 is 5.63. The van der Waals surface area contributed by atoms with Crippen molar-refractivity contribution in [3.63, 3.8) is 0 Å². The lowest BCUT2D eigenvalue weighted by Crippen LogP contribution is -2.40. The molecule has 1 aliphatic rings. The van der Waals surface area contributed by atoms with E-state index in [0.29, 0.717) is 0 Å². The van der Waals surface area contributed by atoms with Crippen molar-refractivity contribution in [2.45, 2.75) is 42.7 Å². The Bertz CT molecular complexity index is 496. The third-order valence-corrected chi connectivity index (χ3v) is 4.83. The average molecular weight is 290 g/mol. The first-order valence-electron chi connectivity index (χ1n) is 5.87. The molecule has 0 aromatic carbocycles. The van der Waals surface area contributed by atoms with Crippen LogP contribution in [0.2, 0.25) is 5.15 Å². The molecule has 0 radical (unpaired) electrons. The van der Waals surface area contributed by atoms with E-state index in [9.17, 15) is 8.42 Å². The maximum atomic E-state index is 12.1. The summed E-state index contributed by atoms with van der Waals surface area (Å²) in [5, 5.41) is 0.276. The van der Waals surface area contributed by atoms with Crippen LogP contribution >= 0.6 is 11.6 Å². The standard InChI is InChI=1S/C11H16ClN3O2S/c12-11-6-5-10(7-14-11)18(16,17)15-9-3-1-8(13)2-4-9/h5-9,15H,1-4,13H2. The van der Waals surface area contributed by atoms with Gasteiger partial charge in [0, 0.05) is 18.3 Å². The Balaban J connectivity index is 2.05. The Morgan fingerprint density at radius 1 is 1.28 bits per heavy atom. The number of nitrogens with one attached hydrogen (secondary N) is 1. The molecule has 0 unspecified atom stereocenters. The molecule has 1 fully saturated rings. The normalized spacial score (nSPS) is 25.0. The number of nitrogens with two attached hydrogens (primary N) is 1. The molecule has 5 nitrogen and oxygen atoms in total. The zero-order valence-corrected chi connectivity index (χ0v) is 11.4. The first kappa shape index (κ1) is 13.7. The van der Waals surface area contributed by atoms with Crippen LogP contribution in [0.1, 0.15) is 25.7 Å². The molecule has 1 aliphatic carbocycles. The smallest absolute Gasteiger partial charge is 0.242 e. The van der Waals surface area contributed by atoms with Gasteiger partial charge in [-0.2, -0.15) is 0 Å². The highest BCUT2D eigenvalue weighted by molar-refractivity contribution is 7.89. The summed E-state index contributed by atoms with van der Waals surface area (Å²) in [5.74, 6) is 0. The van der Waals surface area contributed by atoms with Gasteiger partial charge in [-0.25, -0.2) is 18.1 Å². The van der Waals surface area contributed by atoms with Crippen molar-refractivity contribution in [2.75, 3.05) is 0 Å². The molecule has 100 valence electrons. The second-order valence-electron chi connectivity index (χ2n) is 4.55. The second kappa shape index (κ2) is 5.52. The predicted octanol–water partition coefficient (Wildman–Crippen LogP) is 1.28. The maximum absolute atomic E-state index is 12.1. The van der Waals surface area contributed by atoms with Crippen LogP contribution in [0.25, 0.3) is 0 Å². The van der Waals surface area contributed by atoms with Crippen LogP contribution in [-0.2, 0) is 10.0 Å². The Morgan fingerprint density at radius 3 is 2.50 bits per heavy atom. The summed E-state index contributed by atoms with van der Waals surface area (Å²) in [6, 6.07) is 3.08. The van der Waals surface area contributed by atoms with Crippen LogP contribution in [0.15, 0.2) is 23.2 Å². The molecule has 1 aromatic rings. The van der Waals surface area contributed by atoms with Crippen molar-refractivity contribution < 1.29 is 8.42 Å². The number of halogens is 1. The summed E-state index contributed by atoms with van der Waals surface area (Å²) in [7, 11) is -3.51. The number of aromatic nitrogens is 1. The Hall–Kier alpha value is -0.690. The molecule has 1 aromatic heterocycles. The van der Waals surface area contributed by atoms with Crippen molar-refractivity contribution in [3.05, 3.63) is 23.5 Å². The van der Waals surface area contributed by atoms with E-state index in [2.05, 4.69) is 9.71 Å². The fourth-order valence-electron chi connectivity index (χ4n) is 2.05. The van der Waals surface area contributed by atoms with Crippen LogP contribution in [0.5, 0.6) is 0 Å². The lowest BCUT2D eigenvalue weighted by molar-refractivity contribution is 0.373. The van der Waals surface area contributed by atoms with Gasteiger partial charge in [-0.05, 0) is 37.8 Å². The quantitative estimate of drug-likeness (QED) is 0.821. The van der Waals surface area contributed by atoms with Crippen molar-refractivity contribution in [1.29, 1.82) is 0 Å². The van der Waals surface area contributed by atoms with E-state index in [0.717, 1.165) is 25.7 Å². The van der Waals surface area contributed by atoms with Crippen molar-refractivity contribution >= 4 is 21.6 Å². The third-order valence-electron chi connectivity index (χ3n) is 3.10. The fourth-order valence-corrected chi connectivity index (χ4v) is 3.41. The van der Waals surface area contributed by atoms with Crippen LogP contribution in [-0.4, -0.2) is 25.5 Å². The van der Waals surface area contributed by atoms with Crippen LogP contribution in [0, 0.1) is 0 Å². The molecule has 3 N–H and O–H groups in total. The highest BCUT2D eigenvalue weighted by Gasteiger charge is 2.24. The first-order valence-corrected chi connectivity index (χ1v) is 7.73. The zero-order valence-electron chi connectivity index (χ0n) is 9.84. The first-order chi connectivity index (χ1) is 8.47. The number of hydrogen-bond acceptors (Lipinski definition) is 4. The molecule has 1 saturated carbocycles. The summed E-state index contributed by atoms with van der Waals surface area (Å²) in [4.78, 5) is 3.92. The largest absolute Gasteiger partial charge is 0.328 e. The van der Waals surface area contributed by atoms with Gasteiger partial charge in [0.1, 0.15) is 10.0 Å². The number of pyridine rings is 1. The van der Waals surface area contributed by atoms with Crippen molar-refractivity contribution in [2.24, 2.45) is 5.73 Å². The van der Waals surface area contributed by atoms with E-state index in [1.165, 1.54) is 18.3 Å². The second-order valence-corrected chi connectivity index (χ2v) is 6.65. The minimum absolute atomic E-state index is 0.0366. The molecular weight excluding hydrogens is 274 g/mol. The van der Waals surface area contributed by atoms with E-state index < -0.39 is 10.0 Å². The van der Waals surface area contributed by atoms with Gasteiger partial charge in [0.15, 0.2) is 0 Å². The van der Waals surface area contributed by atoms with Crippen LogP contribution in [0.4, 0.5) is 0 Å². The lowest BCUT2D eigenvalue weighted by Gasteiger charge is -2.26. The SMILES string of the molecule is NC1CCC(NS(=O)(=O)c2ccc(Cl)nc2)CC1. The summed E-state index contributed by atoms with van der Waals surface area (Å²) < 4.78 is 26.8. The molecule has 7 heteroatoms. The molecule has 0 atom stereocenters. The van der Waals surface area contributed by atoms with Gasteiger partial charge in [0.25, 0.3) is 0 Å². The van der Waals surface area contributed by atoms with Gasteiger partial charge >= 0.3 is 0 Å². The molecule has 0 spiro atoms. The van der Waals surface area contributed by atoms with Crippen molar-refractivity contribution in [1.82, 2.24) is 9.71 Å². The van der Waals surface area contributed by atoms with E-state index in [1.54, 1.807) is 0 Å².